The van der Waals surface area contributed by atoms with Gasteiger partial charge in [0, 0.05) is 21.6 Å². The highest BCUT2D eigenvalue weighted by Gasteiger charge is 2.20. The van der Waals surface area contributed by atoms with Gasteiger partial charge in [0.25, 0.3) is 0 Å². The van der Waals surface area contributed by atoms with Crippen molar-refractivity contribution in [3.05, 3.63) is 53.7 Å². The fourth-order valence-electron chi connectivity index (χ4n) is 2.16. The number of para-hydroxylation sites is 1. The number of thioether (sulfide) groups is 1. The number of carbonyl (C=O) groups excluding carboxylic acids is 1. The second-order valence-corrected chi connectivity index (χ2v) is 5.53. The smallest absolute Gasteiger partial charge is 0.301 e. The van der Waals surface area contributed by atoms with Gasteiger partial charge >= 0.3 is 5.91 Å². The Labute approximate surface area is 125 Å². The summed E-state index contributed by atoms with van der Waals surface area (Å²) in [5.74, 6) is 6.52. The summed E-state index contributed by atoms with van der Waals surface area (Å²) >= 11 is 1.59. The van der Waals surface area contributed by atoms with Crippen molar-refractivity contribution in [1.82, 2.24) is 5.43 Å². The summed E-state index contributed by atoms with van der Waals surface area (Å²) in [7, 11) is 0. The highest BCUT2D eigenvalue weighted by Crippen LogP contribution is 2.33. The summed E-state index contributed by atoms with van der Waals surface area (Å²) in [5.41, 5.74) is 3.64. The number of rotatable bonds is 4. The molecular weight excluding hydrogens is 288 g/mol. The van der Waals surface area contributed by atoms with Gasteiger partial charge < -0.3 is 8.83 Å². The molecular formula is C15H14N2O3S. The van der Waals surface area contributed by atoms with Crippen molar-refractivity contribution in [2.45, 2.75) is 17.6 Å². The van der Waals surface area contributed by atoms with E-state index < -0.39 is 5.91 Å². The quantitative estimate of drug-likeness (QED) is 0.335. The molecule has 0 fully saturated rings. The van der Waals surface area contributed by atoms with Crippen LogP contribution in [0.3, 0.4) is 0 Å². The Balaban J connectivity index is 1.99. The molecule has 0 radical (unpaired) electrons. The van der Waals surface area contributed by atoms with Crippen LogP contribution in [0.4, 0.5) is 0 Å². The maximum Gasteiger partial charge on any atom is 0.301 e. The zero-order chi connectivity index (χ0) is 14.8. The summed E-state index contributed by atoms with van der Waals surface area (Å²) in [5, 5.41) is 0.921. The third-order valence-corrected chi connectivity index (χ3v) is 4.39. The van der Waals surface area contributed by atoms with Crippen LogP contribution in [-0.4, -0.2) is 5.91 Å². The third-order valence-electron chi connectivity index (χ3n) is 3.22. The lowest BCUT2D eigenvalue weighted by molar-refractivity contribution is 0.0927. The van der Waals surface area contributed by atoms with Gasteiger partial charge in [-0.25, -0.2) is 5.84 Å². The average Bonchev–Trinajstić information content (AvgIpc) is 3.08. The van der Waals surface area contributed by atoms with Crippen molar-refractivity contribution < 1.29 is 13.6 Å². The Bertz CT molecular complexity index is 791. The Morgan fingerprint density at radius 1 is 1.33 bits per heavy atom. The molecule has 21 heavy (non-hydrogen) atoms. The van der Waals surface area contributed by atoms with Gasteiger partial charge in [-0.15, -0.1) is 11.8 Å². The number of aryl methyl sites for hydroxylation is 1. The molecule has 0 aliphatic heterocycles. The van der Waals surface area contributed by atoms with Crippen molar-refractivity contribution in [1.29, 1.82) is 0 Å². The first-order chi connectivity index (χ1) is 10.2. The number of fused-ring (bicyclic) bond motifs is 1. The van der Waals surface area contributed by atoms with E-state index in [1.165, 1.54) is 0 Å². The number of benzene rings is 1. The van der Waals surface area contributed by atoms with Gasteiger partial charge in [-0.05, 0) is 19.1 Å². The van der Waals surface area contributed by atoms with Crippen LogP contribution in [0.2, 0.25) is 0 Å². The van der Waals surface area contributed by atoms with Gasteiger partial charge in [0.2, 0.25) is 0 Å². The van der Waals surface area contributed by atoms with Gasteiger partial charge in [0.15, 0.2) is 5.76 Å². The van der Waals surface area contributed by atoms with Gasteiger partial charge in [-0.3, -0.25) is 10.2 Å². The van der Waals surface area contributed by atoms with E-state index in [9.17, 15) is 4.79 Å². The van der Waals surface area contributed by atoms with E-state index in [-0.39, 0.29) is 5.76 Å². The number of hydrazine groups is 1. The summed E-state index contributed by atoms with van der Waals surface area (Å²) in [6.07, 6.45) is 1.65. The predicted molar refractivity (Wildman–Crippen MR) is 80.9 cm³/mol. The van der Waals surface area contributed by atoms with Crippen molar-refractivity contribution in [3.63, 3.8) is 0 Å². The number of amides is 1. The Hall–Kier alpha value is -2.18. The highest BCUT2D eigenvalue weighted by atomic mass is 32.2. The van der Waals surface area contributed by atoms with E-state index in [2.05, 4.69) is 5.43 Å². The lowest BCUT2D eigenvalue weighted by Crippen LogP contribution is -2.30. The predicted octanol–water partition coefficient (Wildman–Crippen LogP) is 3.23. The molecule has 1 aromatic carbocycles. The first-order valence-electron chi connectivity index (χ1n) is 6.39. The van der Waals surface area contributed by atoms with Crippen LogP contribution in [0.5, 0.6) is 0 Å². The molecule has 0 bridgehead atoms. The molecule has 0 atom stereocenters. The second-order valence-electron chi connectivity index (χ2n) is 4.51. The van der Waals surface area contributed by atoms with Crippen LogP contribution < -0.4 is 11.3 Å². The van der Waals surface area contributed by atoms with Gasteiger partial charge in [-0.2, -0.15) is 0 Å². The van der Waals surface area contributed by atoms with E-state index >= 15 is 0 Å². The van der Waals surface area contributed by atoms with Crippen molar-refractivity contribution in [2.75, 3.05) is 0 Å². The molecule has 108 valence electrons. The Kier molecular flexibility index (Phi) is 3.72. The number of furan rings is 2. The third kappa shape index (κ3) is 2.55. The second kappa shape index (κ2) is 5.67. The van der Waals surface area contributed by atoms with Crippen LogP contribution in [0.25, 0.3) is 11.0 Å². The highest BCUT2D eigenvalue weighted by molar-refractivity contribution is 7.98. The number of hydrogen-bond donors (Lipinski definition) is 2. The monoisotopic (exact) mass is 302 g/mol. The molecule has 0 saturated carbocycles. The standard InChI is InChI=1S/C15H14N2O3S/c1-9-13(6-7-19-9)21-8-11-10-4-2-3-5-12(10)20-14(11)15(18)17-16/h2-7H,8,16H2,1H3,(H,17,18). The SMILES string of the molecule is Cc1occc1SCc1c(C(=O)NN)oc2ccccc12. The zero-order valence-electron chi connectivity index (χ0n) is 11.4. The van der Waals surface area contributed by atoms with Crippen molar-refractivity contribution in [3.8, 4) is 0 Å². The van der Waals surface area contributed by atoms with Crippen LogP contribution in [-0.2, 0) is 5.75 Å². The summed E-state index contributed by atoms with van der Waals surface area (Å²) in [6.45, 7) is 1.91. The molecule has 3 aromatic rings. The largest absolute Gasteiger partial charge is 0.468 e. The molecule has 0 saturated heterocycles. The number of hydrogen-bond acceptors (Lipinski definition) is 5. The molecule has 2 heterocycles. The molecule has 0 aliphatic carbocycles. The molecule has 2 aromatic heterocycles. The van der Waals surface area contributed by atoms with Crippen molar-refractivity contribution >= 4 is 28.6 Å². The summed E-state index contributed by atoms with van der Waals surface area (Å²) < 4.78 is 10.9. The lowest BCUT2D eigenvalue weighted by Gasteiger charge is -2.02. The Morgan fingerprint density at radius 3 is 2.86 bits per heavy atom. The molecule has 3 N–H and O–H groups in total. The van der Waals surface area contributed by atoms with Crippen LogP contribution in [0.15, 0.2) is 50.3 Å². The first kappa shape index (κ1) is 13.8. The normalized spacial score (nSPS) is 11.0. The lowest BCUT2D eigenvalue weighted by atomic mass is 10.1. The summed E-state index contributed by atoms with van der Waals surface area (Å²) in [6, 6.07) is 9.46. The number of nitrogen functional groups attached to an aromatic ring is 1. The summed E-state index contributed by atoms with van der Waals surface area (Å²) in [4.78, 5) is 12.9. The van der Waals surface area contributed by atoms with Crippen LogP contribution in [0.1, 0.15) is 21.9 Å². The molecule has 0 unspecified atom stereocenters. The minimum Gasteiger partial charge on any atom is -0.468 e. The minimum atomic E-state index is -0.425. The van der Waals surface area contributed by atoms with E-state index in [4.69, 9.17) is 14.7 Å². The van der Waals surface area contributed by atoms with Gasteiger partial charge in [-0.1, -0.05) is 18.2 Å². The topological polar surface area (TPSA) is 81.4 Å². The number of carbonyl (C=O) groups is 1. The van der Waals surface area contributed by atoms with Crippen LogP contribution >= 0.6 is 11.8 Å². The van der Waals surface area contributed by atoms with E-state index in [1.54, 1.807) is 18.0 Å². The molecule has 6 heteroatoms. The number of nitrogens with two attached hydrogens (primary N) is 1. The first-order valence-corrected chi connectivity index (χ1v) is 7.37. The van der Waals surface area contributed by atoms with E-state index in [0.29, 0.717) is 11.3 Å². The van der Waals surface area contributed by atoms with E-state index in [0.717, 1.165) is 21.6 Å². The number of nitrogens with one attached hydrogen (secondary N) is 1. The maximum atomic E-state index is 11.9. The fourth-order valence-corrected chi connectivity index (χ4v) is 3.15. The minimum absolute atomic E-state index is 0.257. The molecule has 1 amide bonds. The zero-order valence-corrected chi connectivity index (χ0v) is 12.2. The fraction of sp³-hybridized carbons (Fsp3) is 0.133. The molecule has 3 rings (SSSR count). The van der Waals surface area contributed by atoms with Crippen LogP contribution in [0, 0.1) is 6.92 Å². The molecule has 0 aliphatic rings. The maximum absolute atomic E-state index is 11.9. The molecule has 5 nitrogen and oxygen atoms in total. The van der Waals surface area contributed by atoms with Gasteiger partial charge in [0.05, 0.1) is 6.26 Å². The molecule has 0 spiro atoms. The van der Waals surface area contributed by atoms with Gasteiger partial charge in [0.1, 0.15) is 11.3 Å². The van der Waals surface area contributed by atoms with Crippen molar-refractivity contribution in [2.24, 2.45) is 5.84 Å². The van der Waals surface area contributed by atoms with E-state index in [1.807, 2.05) is 37.3 Å². The Morgan fingerprint density at radius 2 is 2.14 bits per heavy atom. The average molecular weight is 302 g/mol.